The SMILES string of the molecule is C/C(C=N)=C\CC(C)Cc1cc[nH]c1. The third-order valence-electron chi connectivity index (χ3n) is 2.32. The van der Waals surface area contributed by atoms with Crippen molar-refractivity contribution >= 4 is 6.21 Å². The van der Waals surface area contributed by atoms with Crippen LogP contribution in [0.1, 0.15) is 25.8 Å². The molecule has 0 radical (unpaired) electrons. The van der Waals surface area contributed by atoms with Gasteiger partial charge in [0, 0.05) is 18.6 Å². The maximum atomic E-state index is 7.05. The largest absolute Gasteiger partial charge is 0.367 e. The van der Waals surface area contributed by atoms with Crippen molar-refractivity contribution in [2.45, 2.75) is 26.7 Å². The molecule has 1 unspecified atom stereocenters. The Morgan fingerprint density at radius 3 is 3.00 bits per heavy atom. The van der Waals surface area contributed by atoms with Gasteiger partial charge in [0.25, 0.3) is 0 Å². The smallest absolute Gasteiger partial charge is 0.0203 e. The van der Waals surface area contributed by atoms with Crippen LogP contribution in [0.15, 0.2) is 30.1 Å². The quantitative estimate of drug-likeness (QED) is 0.669. The minimum atomic E-state index is 0.640. The molecule has 1 aromatic heterocycles. The summed E-state index contributed by atoms with van der Waals surface area (Å²) in [5.74, 6) is 0.640. The van der Waals surface area contributed by atoms with Gasteiger partial charge in [-0.15, -0.1) is 0 Å². The molecule has 1 atom stereocenters. The number of hydrogen-bond acceptors (Lipinski definition) is 1. The van der Waals surface area contributed by atoms with Crippen molar-refractivity contribution in [2.24, 2.45) is 5.92 Å². The zero-order valence-electron chi connectivity index (χ0n) is 8.88. The van der Waals surface area contributed by atoms with Gasteiger partial charge < -0.3 is 10.4 Å². The first kappa shape index (κ1) is 10.8. The predicted molar refractivity (Wildman–Crippen MR) is 60.8 cm³/mol. The van der Waals surface area contributed by atoms with Crippen LogP contribution < -0.4 is 0 Å². The minimum Gasteiger partial charge on any atom is -0.367 e. The Labute approximate surface area is 85.6 Å². The van der Waals surface area contributed by atoms with E-state index in [0.29, 0.717) is 5.92 Å². The molecule has 76 valence electrons. The first-order valence-electron chi connectivity index (χ1n) is 5.01. The summed E-state index contributed by atoms with van der Waals surface area (Å²) in [6.07, 6.45) is 9.69. The highest BCUT2D eigenvalue weighted by Gasteiger charge is 2.01. The molecule has 1 heterocycles. The van der Waals surface area contributed by atoms with Crippen molar-refractivity contribution in [1.29, 1.82) is 5.41 Å². The van der Waals surface area contributed by atoms with Gasteiger partial charge in [-0.3, -0.25) is 0 Å². The van der Waals surface area contributed by atoms with Gasteiger partial charge in [0.15, 0.2) is 0 Å². The summed E-state index contributed by atoms with van der Waals surface area (Å²) in [6.45, 7) is 4.21. The molecular weight excluding hydrogens is 172 g/mol. The molecule has 1 rings (SSSR count). The molecule has 0 aromatic carbocycles. The molecule has 0 aliphatic carbocycles. The molecule has 2 heteroatoms. The number of aromatic amines is 1. The molecule has 0 aliphatic heterocycles. The molecule has 2 N–H and O–H groups in total. The average molecular weight is 190 g/mol. The second-order valence-corrected chi connectivity index (χ2v) is 3.86. The van der Waals surface area contributed by atoms with Crippen molar-refractivity contribution in [3.63, 3.8) is 0 Å². The number of hydrogen-bond donors (Lipinski definition) is 2. The molecule has 2 nitrogen and oxygen atoms in total. The highest BCUT2D eigenvalue weighted by molar-refractivity contribution is 5.74. The van der Waals surface area contributed by atoms with E-state index in [4.69, 9.17) is 5.41 Å². The van der Waals surface area contributed by atoms with E-state index in [0.717, 1.165) is 18.4 Å². The highest BCUT2D eigenvalue weighted by Crippen LogP contribution is 2.12. The second-order valence-electron chi connectivity index (χ2n) is 3.86. The Balaban J connectivity index is 2.36. The molecule has 0 aliphatic rings. The molecular formula is C12H18N2. The Bertz CT molecular complexity index is 296. The average Bonchev–Trinajstić information content (AvgIpc) is 2.66. The Morgan fingerprint density at radius 2 is 2.43 bits per heavy atom. The van der Waals surface area contributed by atoms with Crippen LogP contribution in [0.5, 0.6) is 0 Å². The van der Waals surface area contributed by atoms with E-state index in [2.05, 4.69) is 24.1 Å². The number of allylic oxidation sites excluding steroid dienone is 2. The number of nitrogens with one attached hydrogen (secondary N) is 2. The first-order valence-corrected chi connectivity index (χ1v) is 5.01. The molecule has 0 spiro atoms. The summed E-state index contributed by atoms with van der Waals surface area (Å²) in [6, 6.07) is 2.11. The van der Waals surface area contributed by atoms with Gasteiger partial charge >= 0.3 is 0 Å². The first-order chi connectivity index (χ1) is 6.72. The van der Waals surface area contributed by atoms with Crippen molar-refractivity contribution < 1.29 is 0 Å². The van der Waals surface area contributed by atoms with Crippen LogP contribution in [-0.2, 0) is 6.42 Å². The molecule has 14 heavy (non-hydrogen) atoms. The van der Waals surface area contributed by atoms with Gasteiger partial charge in [0.05, 0.1) is 0 Å². The molecule has 0 fully saturated rings. The number of rotatable bonds is 5. The molecule has 0 amide bonds. The van der Waals surface area contributed by atoms with Crippen LogP contribution in [0.25, 0.3) is 0 Å². The summed E-state index contributed by atoms with van der Waals surface area (Å²) in [5.41, 5.74) is 2.41. The van der Waals surface area contributed by atoms with Crippen LogP contribution in [0, 0.1) is 11.3 Å². The fraction of sp³-hybridized carbons (Fsp3) is 0.417. The standard InChI is InChI=1S/C12H18N2/c1-10(3-4-11(2)8-13)7-12-5-6-14-9-12/h4-6,8-10,13-14H,3,7H2,1-2H3/b11-4+,13-8?. The van der Waals surface area contributed by atoms with Gasteiger partial charge in [0.1, 0.15) is 0 Å². The number of H-pyrrole nitrogens is 1. The van der Waals surface area contributed by atoms with Crippen molar-refractivity contribution in [3.05, 3.63) is 35.7 Å². The maximum Gasteiger partial charge on any atom is 0.0203 e. The van der Waals surface area contributed by atoms with Gasteiger partial charge in [-0.1, -0.05) is 13.0 Å². The minimum absolute atomic E-state index is 0.640. The third kappa shape index (κ3) is 3.60. The topological polar surface area (TPSA) is 39.6 Å². The fourth-order valence-electron chi connectivity index (χ4n) is 1.42. The lowest BCUT2D eigenvalue weighted by atomic mass is 9.99. The zero-order valence-corrected chi connectivity index (χ0v) is 8.88. The summed E-state index contributed by atoms with van der Waals surface area (Å²) in [5, 5.41) is 7.05. The molecule has 0 bridgehead atoms. The summed E-state index contributed by atoms with van der Waals surface area (Å²) < 4.78 is 0. The van der Waals surface area contributed by atoms with Gasteiger partial charge in [0.2, 0.25) is 0 Å². The lowest BCUT2D eigenvalue weighted by Crippen LogP contribution is -1.97. The molecule has 0 saturated carbocycles. The monoisotopic (exact) mass is 190 g/mol. The van der Waals surface area contributed by atoms with E-state index in [1.165, 1.54) is 11.8 Å². The maximum absolute atomic E-state index is 7.05. The number of aromatic nitrogens is 1. The van der Waals surface area contributed by atoms with Crippen molar-refractivity contribution in [3.8, 4) is 0 Å². The van der Waals surface area contributed by atoms with Crippen molar-refractivity contribution in [2.75, 3.05) is 0 Å². The van der Waals surface area contributed by atoms with E-state index in [9.17, 15) is 0 Å². The van der Waals surface area contributed by atoms with Crippen LogP contribution in [0.3, 0.4) is 0 Å². The zero-order chi connectivity index (χ0) is 10.4. The van der Waals surface area contributed by atoms with E-state index in [1.54, 1.807) is 0 Å². The van der Waals surface area contributed by atoms with E-state index >= 15 is 0 Å². The lowest BCUT2D eigenvalue weighted by molar-refractivity contribution is 0.589. The van der Waals surface area contributed by atoms with Crippen molar-refractivity contribution in [1.82, 2.24) is 4.98 Å². The summed E-state index contributed by atoms with van der Waals surface area (Å²) in [4.78, 5) is 3.06. The normalized spacial score (nSPS) is 14.0. The van der Waals surface area contributed by atoms with Gasteiger partial charge in [-0.25, -0.2) is 0 Å². The van der Waals surface area contributed by atoms with Gasteiger partial charge in [-0.2, -0.15) is 0 Å². The summed E-state index contributed by atoms with van der Waals surface area (Å²) >= 11 is 0. The van der Waals surface area contributed by atoms with Crippen LogP contribution >= 0.6 is 0 Å². The van der Waals surface area contributed by atoms with E-state index < -0.39 is 0 Å². The Kier molecular flexibility index (Phi) is 4.17. The fourth-order valence-corrected chi connectivity index (χ4v) is 1.42. The van der Waals surface area contributed by atoms with E-state index in [-0.39, 0.29) is 0 Å². The predicted octanol–water partition coefficient (Wildman–Crippen LogP) is 3.18. The Morgan fingerprint density at radius 1 is 1.64 bits per heavy atom. The van der Waals surface area contributed by atoms with Crippen LogP contribution in [0.4, 0.5) is 0 Å². The third-order valence-corrected chi connectivity index (χ3v) is 2.32. The van der Waals surface area contributed by atoms with E-state index in [1.807, 2.05) is 19.3 Å². The summed E-state index contributed by atoms with van der Waals surface area (Å²) in [7, 11) is 0. The molecule has 0 saturated heterocycles. The van der Waals surface area contributed by atoms with Crippen LogP contribution in [-0.4, -0.2) is 11.2 Å². The second kappa shape index (κ2) is 5.43. The molecule has 1 aromatic rings. The van der Waals surface area contributed by atoms with Gasteiger partial charge in [-0.05, 0) is 42.9 Å². The highest BCUT2D eigenvalue weighted by atomic mass is 14.6. The lowest BCUT2D eigenvalue weighted by Gasteiger charge is -2.06. The Hall–Kier alpha value is -1.31. The van der Waals surface area contributed by atoms with Crippen LogP contribution in [0.2, 0.25) is 0 Å².